The molecule has 33 heavy (non-hydrogen) atoms. The topological polar surface area (TPSA) is 86.6 Å². The molecule has 0 unspecified atom stereocenters. The van der Waals surface area contributed by atoms with Crippen molar-refractivity contribution in [2.24, 2.45) is 0 Å². The molecule has 0 spiro atoms. The summed E-state index contributed by atoms with van der Waals surface area (Å²) in [7, 11) is -3.92. The van der Waals surface area contributed by atoms with Crippen LogP contribution in [0.4, 0.5) is 5.69 Å². The molecule has 0 saturated carbocycles. The number of aromatic nitrogens is 1. The lowest BCUT2D eigenvalue weighted by Gasteiger charge is -2.07. The number of nitrogens with zero attached hydrogens (tertiary/aromatic N) is 1. The van der Waals surface area contributed by atoms with E-state index in [-0.39, 0.29) is 11.7 Å². The predicted octanol–water partition coefficient (Wildman–Crippen LogP) is 4.48. The Morgan fingerprint density at radius 3 is 2.61 bits per heavy atom. The van der Waals surface area contributed by atoms with E-state index in [4.69, 9.17) is 21.1 Å². The fraction of sp³-hybridized carbons (Fsp3) is 0.125. The number of carbonyl (C=O) groups excluding carboxylic acids is 1. The number of halogens is 1. The van der Waals surface area contributed by atoms with E-state index in [1.165, 1.54) is 0 Å². The van der Waals surface area contributed by atoms with Gasteiger partial charge in [0, 0.05) is 40.4 Å². The van der Waals surface area contributed by atoms with Gasteiger partial charge in [-0.2, -0.15) is 0 Å². The molecule has 1 aliphatic rings. The van der Waals surface area contributed by atoms with Gasteiger partial charge in [0.1, 0.15) is 5.75 Å². The molecule has 4 aromatic rings. The van der Waals surface area contributed by atoms with Crippen molar-refractivity contribution in [3.8, 4) is 11.5 Å². The molecule has 5 rings (SSSR count). The molecule has 3 aromatic carbocycles. The molecule has 1 aromatic heterocycles. The first kappa shape index (κ1) is 21.4. The van der Waals surface area contributed by atoms with Crippen LogP contribution in [-0.4, -0.2) is 31.4 Å². The minimum absolute atomic E-state index is 0.103. The van der Waals surface area contributed by atoms with Crippen molar-refractivity contribution in [2.75, 3.05) is 17.9 Å². The molecule has 9 heteroatoms. The predicted molar refractivity (Wildman–Crippen MR) is 126 cm³/mol. The van der Waals surface area contributed by atoms with Gasteiger partial charge in [-0.1, -0.05) is 48.0 Å². The van der Waals surface area contributed by atoms with Gasteiger partial charge >= 0.3 is 0 Å². The molecule has 0 atom stereocenters. The molecule has 0 fully saturated rings. The van der Waals surface area contributed by atoms with Crippen LogP contribution < -0.4 is 14.8 Å². The fourth-order valence-corrected chi connectivity index (χ4v) is 5.39. The van der Waals surface area contributed by atoms with E-state index in [2.05, 4.69) is 5.32 Å². The lowest BCUT2D eigenvalue weighted by Crippen LogP contribution is -2.23. The summed E-state index contributed by atoms with van der Waals surface area (Å²) in [5.74, 6) is -0.260. The summed E-state index contributed by atoms with van der Waals surface area (Å²) in [4.78, 5) is 12.7. The zero-order valence-corrected chi connectivity index (χ0v) is 18.9. The summed E-state index contributed by atoms with van der Waals surface area (Å²) < 4.78 is 38.8. The quantitative estimate of drug-likeness (QED) is 0.437. The van der Waals surface area contributed by atoms with E-state index in [0.29, 0.717) is 34.1 Å². The molecule has 2 heterocycles. The van der Waals surface area contributed by atoms with Crippen molar-refractivity contribution in [3.05, 3.63) is 83.5 Å². The van der Waals surface area contributed by atoms with Crippen molar-refractivity contribution in [1.29, 1.82) is 0 Å². The van der Waals surface area contributed by atoms with E-state index >= 15 is 0 Å². The largest absolute Gasteiger partial charge is 0.454 e. The Bertz CT molecular complexity index is 1480. The first-order chi connectivity index (χ1) is 15.9. The minimum Gasteiger partial charge on any atom is -0.454 e. The normalized spacial score (nSPS) is 12.8. The number of hydrogen-bond acceptors (Lipinski definition) is 5. The van der Waals surface area contributed by atoms with Gasteiger partial charge in [-0.15, -0.1) is 0 Å². The number of sulfone groups is 1. The SMILES string of the molecule is O=C(CS(=O)(=O)c1cn(Cc2ccccc2Cl)c2ccccc12)Nc1ccc2c(c1)OCO2. The van der Waals surface area contributed by atoms with Gasteiger partial charge < -0.3 is 19.4 Å². The third kappa shape index (κ3) is 4.27. The summed E-state index contributed by atoms with van der Waals surface area (Å²) in [6.07, 6.45) is 1.57. The Morgan fingerprint density at radius 1 is 1.00 bits per heavy atom. The molecule has 1 amide bonds. The van der Waals surface area contributed by atoms with Crippen LogP contribution in [-0.2, 0) is 21.2 Å². The maximum atomic E-state index is 13.2. The minimum atomic E-state index is -3.92. The monoisotopic (exact) mass is 482 g/mol. The van der Waals surface area contributed by atoms with Crippen LogP contribution in [0.3, 0.4) is 0 Å². The Hall–Kier alpha value is -3.49. The molecule has 0 aliphatic carbocycles. The van der Waals surface area contributed by atoms with Crippen molar-refractivity contribution in [3.63, 3.8) is 0 Å². The number of para-hydroxylation sites is 1. The Kier molecular flexibility index (Phi) is 5.47. The van der Waals surface area contributed by atoms with Crippen LogP contribution >= 0.6 is 11.6 Å². The third-order valence-corrected chi connectivity index (χ3v) is 7.37. The summed E-state index contributed by atoms with van der Waals surface area (Å²) in [6.45, 7) is 0.512. The maximum Gasteiger partial charge on any atom is 0.239 e. The molecule has 1 aliphatic heterocycles. The number of ether oxygens (including phenoxy) is 2. The number of nitrogens with one attached hydrogen (secondary N) is 1. The number of benzene rings is 3. The van der Waals surface area contributed by atoms with E-state index in [1.54, 1.807) is 42.6 Å². The number of fused-ring (bicyclic) bond motifs is 2. The van der Waals surface area contributed by atoms with Gasteiger partial charge in [0.15, 0.2) is 21.3 Å². The molecule has 0 bridgehead atoms. The van der Waals surface area contributed by atoms with Gasteiger partial charge in [0.25, 0.3) is 0 Å². The van der Waals surface area contributed by atoms with Gasteiger partial charge in [-0.05, 0) is 29.8 Å². The highest BCUT2D eigenvalue weighted by Crippen LogP contribution is 2.34. The highest BCUT2D eigenvalue weighted by molar-refractivity contribution is 7.92. The van der Waals surface area contributed by atoms with Crippen molar-refractivity contribution in [1.82, 2.24) is 4.57 Å². The van der Waals surface area contributed by atoms with Crippen molar-refractivity contribution in [2.45, 2.75) is 11.4 Å². The molecular weight excluding hydrogens is 464 g/mol. The zero-order chi connectivity index (χ0) is 23.0. The second-order valence-electron chi connectivity index (χ2n) is 7.61. The number of amides is 1. The fourth-order valence-electron chi connectivity index (χ4n) is 3.82. The van der Waals surface area contributed by atoms with Gasteiger partial charge in [-0.25, -0.2) is 8.42 Å². The summed E-state index contributed by atoms with van der Waals surface area (Å²) in [5, 5.41) is 3.78. The molecule has 7 nitrogen and oxygen atoms in total. The smallest absolute Gasteiger partial charge is 0.239 e. The third-order valence-electron chi connectivity index (χ3n) is 5.36. The van der Waals surface area contributed by atoms with Crippen LogP contribution in [0.1, 0.15) is 5.56 Å². The summed E-state index contributed by atoms with van der Waals surface area (Å²) in [5.41, 5.74) is 2.04. The molecule has 1 N–H and O–H groups in total. The number of rotatable bonds is 6. The Labute approximate surface area is 195 Å². The highest BCUT2D eigenvalue weighted by Gasteiger charge is 2.25. The van der Waals surface area contributed by atoms with Crippen LogP contribution in [0.25, 0.3) is 10.9 Å². The first-order valence-corrected chi connectivity index (χ1v) is 12.2. The standard InChI is InChI=1S/C24H19ClN2O5S/c25-19-7-3-1-5-16(19)12-27-13-23(18-6-2-4-8-20(18)27)33(29,30)14-24(28)26-17-9-10-21-22(11-17)32-15-31-21/h1-11,13H,12,14-15H2,(H,26,28). The van der Waals surface area contributed by atoms with E-state index in [0.717, 1.165) is 11.1 Å². The highest BCUT2D eigenvalue weighted by atomic mass is 35.5. The lowest BCUT2D eigenvalue weighted by atomic mass is 10.2. The second-order valence-corrected chi connectivity index (χ2v) is 9.97. The van der Waals surface area contributed by atoms with Crippen molar-refractivity contribution >= 4 is 43.9 Å². The number of anilines is 1. The summed E-state index contributed by atoms with van der Waals surface area (Å²) >= 11 is 6.30. The van der Waals surface area contributed by atoms with Crippen LogP contribution in [0.15, 0.2) is 77.8 Å². The molecular formula is C24H19ClN2O5S. The van der Waals surface area contributed by atoms with E-state index < -0.39 is 21.5 Å². The number of carbonyl (C=O) groups is 1. The lowest BCUT2D eigenvalue weighted by molar-refractivity contribution is -0.113. The molecule has 168 valence electrons. The van der Waals surface area contributed by atoms with Crippen molar-refractivity contribution < 1.29 is 22.7 Å². The van der Waals surface area contributed by atoms with Crippen LogP contribution in [0, 0.1) is 0 Å². The number of hydrogen-bond donors (Lipinski definition) is 1. The van der Waals surface area contributed by atoms with E-state index in [9.17, 15) is 13.2 Å². The summed E-state index contributed by atoms with van der Waals surface area (Å²) in [6, 6.07) is 19.5. The average Bonchev–Trinajstić information content (AvgIpc) is 3.40. The molecule has 0 saturated heterocycles. The van der Waals surface area contributed by atoms with Gasteiger partial charge in [0.05, 0.1) is 4.90 Å². The Morgan fingerprint density at radius 2 is 1.76 bits per heavy atom. The molecule has 0 radical (unpaired) electrons. The Balaban J connectivity index is 1.42. The van der Waals surface area contributed by atoms with Gasteiger partial charge in [0.2, 0.25) is 12.7 Å². The average molecular weight is 483 g/mol. The second kappa shape index (κ2) is 8.46. The maximum absolute atomic E-state index is 13.2. The van der Waals surface area contributed by atoms with Crippen LogP contribution in [0.5, 0.6) is 11.5 Å². The van der Waals surface area contributed by atoms with Crippen LogP contribution in [0.2, 0.25) is 5.02 Å². The first-order valence-electron chi connectivity index (χ1n) is 10.1. The van der Waals surface area contributed by atoms with Gasteiger partial charge in [-0.3, -0.25) is 4.79 Å². The zero-order valence-electron chi connectivity index (χ0n) is 17.3. The van der Waals surface area contributed by atoms with E-state index in [1.807, 2.05) is 34.9 Å².